The van der Waals surface area contributed by atoms with Crippen molar-refractivity contribution in [3.8, 4) is 5.75 Å². The highest BCUT2D eigenvalue weighted by Gasteiger charge is 2.15. The third kappa shape index (κ3) is 6.14. The molecule has 0 saturated carbocycles. The molecule has 5 heteroatoms. The first kappa shape index (κ1) is 19.5. The van der Waals surface area contributed by atoms with Crippen molar-refractivity contribution in [3.63, 3.8) is 0 Å². The number of rotatable bonds is 9. The molecule has 1 unspecified atom stereocenters. The van der Waals surface area contributed by atoms with Gasteiger partial charge in [-0.3, -0.25) is 4.90 Å². The molecule has 4 nitrogen and oxygen atoms in total. The molecule has 0 radical (unpaired) electrons. The second-order valence-corrected chi connectivity index (χ2v) is 7.05. The number of halogens is 1. The first-order valence-corrected chi connectivity index (χ1v) is 9.33. The normalized spacial score (nSPS) is 12.3. The summed E-state index contributed by atoms with van der Waals surface area (Å²) < 4.78 is 11.3. The van der Waals surface area contributed by atoms with Crippen LogP contribution in [0.1, 0.15) is 16.9 Å². The van der Waals surface area contributed by atoms with Gasteiger partial charge in [-0.1, -0.05) is 41.9 Å². The zero-order chi connectivity index (χ0) is 19.1. The molecular formula is C22H24ClNO3. The maximum atomic E-state index is 10.5. The van der Waals surface area contributed by atoms with Gasteiger partial charge in [0.15, 0.2) is 0 Å². The van der Waals surface area contributed by atoms with Crippen LogP contribution in [-0.4, -0.2) is 29.3 Å². The van der Waals surface area contributed by atoms with Crippen molar-refractivity contribution in [3.05, 3.63) is 88.8 Å². The first-order valence-electron chi connectivity index (χ1n) is 8.96. The Kier molecular flexibility index (Phi) is 6.93. The van der Waals surface area contributed by atoms with Gasteiger partial charge < -0.3 is 14.3 Å². The molecule has 0 aliphatic rings. The lowest BCUT2D eigenvalue weighted by molar-refractivity contribution is 0.0602. The van der Waals surface area contributed by atoms with Crippen LogP contribution in [0, 0.1) is 6.92 Å². The largest absolute Gasteiger partial charge is 0.491 e. The number of aliphatic hydroxyl groups is 1. The predicted octanol–water partition coefficient (Wildman–Crippen LogP) is 4.68. The monoisotopic (exact) mass is 385 g/mol. The van der Waals surface area contributed by atoms with Gasteiger partial charge in [-0.15, -0.1) is 0 Å². The highest BCUT2D eigenvalue weighted by molar-refractivity contribution is 6.30. The van der Waals surface area contributed by atoms with Gasteiger partial charge in [0, 0.05) is 18.1 Å². The number of para-hydroxylation sites is 1. The fourth-order valence-corrected chi connectivity index (χ4v) is 3.17. The average molecular weight is 386 g/mol. The van der Waals surface area contributed by atoms with Crippen molar-refractivity contribution >= 4 is 11.6 Å². The maximum absolute atomic E-state index is 10.5. The minimum absolute atomic E-state index is 0.231. The van der Waals surface area contributed by atoms with Gasteiger partial charge in [-0.05, 0) is 48.4 Å². The molecule has 2 aromatic carbocycles. The molecular weight excluding hydrogens is 362 g/mol. The van der Waals surface area contributed by atoms with E-state index in [1.807, 2.05) is 67.6 Å². The topological polar surface area (TPSA) is 45.8 Å². The fourth-order valence-electron chi connectivity index (χ4n) is 2.96. The van der Waals surface area contributed by atoms with Crippen molar-refractivity contribution in [2.45, 2.75) is 26.1 Å². The minimum atomic E-state index is -0.626. The van der Waals surface area contributed by atoms with Crippen LogP contribution in [-0.2, 0) is 13.1 Å². The number of hydrogen-bond acceptors (Lipinski definition) is 4. The molecule has 0 fully saturated rings. The first-order chi connectivity index (χ1) is 13.1. The van der Waals surface area contributed by atoms with Crippen LogP contribution < -0.4 is 4.74 Å². The summed E-state index contributed by atoms with van der Waals surface area (Å²) in [6.45, 7) is 3.93. The summed E-state index contributed by atoms with van der Waals surface area (Å²) in [7, 11) is 0. The molecule has 0 spiro atoms. The Morgan fingerprint density at radius 3 is 2.67 bits per heavy atom. The third-order valence-corrected chi connectivity index (χ3v) is 4.48. The Hall–Kier alpha value is -2.27. The van der Waals surface area contributed by atoms with E-state index < -0.39 is 6.10 Å². The van der Waals surface area contributed by atoms with E-state index >= 15 is 0 Å². The molecule has 1 atom stereocenters. The van der Waals surface area contributed by atoms with Crippen LogP contribution in [0.2, 0.25) is 5.02 Å². The van der Waals surface area contributed by atoms with E-state index in [9.17, 15) is 5.11 Å². The second-order valence-electron chi connectivity index (χ2n) is 6.61. The van der Waals surface area contributed by atoms with Crippen molar-refractivity contribution < 1.29 is 14.3 Å². The molecule has 27 heavy (non-hydrogen) atoms. The number of furan rings is 1. The van der Waals surface area contributed by atoms with E-state index in [4.69, 9.17) is 20.8 Å². The summed E-state index contributed by atoms with van der Waals surface area (Å²) in [5.74, 6) is 1.65. The smallest absolute Gasteiger partial charge is 0.122 e. The summed E-state index contributed by atoms with van der Waals surface area (Å²) in [4.78, 5) is 2.12. The molecule has 3 aromatic rings. The van der Waals surface area contributed by atoms with Crippen molar-refractivity contribution in [2.24, 2.45) is 0 Å². The van der Waals surface area contributed by atoms with E-state index in [0.717, 1.165) is 22.6 Å². The SMILES string of the molecule is Cc1ccccc1OCC(O)CN(Cc1cccc(Cl)c1)Cc1ccco1. The molecule has 0 saturated heterocycles. The van der Waals surface area contributed by atoms with Crippen LogP contribution >= 0.6 is 11.6 Å². The number of nitrogens with zero attached hydrogens (tertiary/aromatic N) is 1. The van der Waals surface area contributed by atoms with Crippen LogP contribution in [0.25, 0.3) is 0 Å². The molecule has 0 amide bonds. The van der Waals surface area contributed by atoms with Crippen molar-refractivity contribution in [2.75, 3.05) is 13.2 Å². The zero-order valence-corrected chi connectivity index (χ0v) is 16.1. The maximum Gasteiger partial charge on any atom is 0.122 e. The lowest BCUT2D eigenvalue weighted by Crippen LogP contribution is -2.35. The molecule has 0 aliphatic heterocycles. The van der Waals surface area contributed by atoms with E-state index in [2.05, 4.69) is 4.90 Å². The number of benzene rings is 2. The van der Waals surface area contributed by atoms with Gasteiger partial charge in [-0.2, -0.15) is 0 Å². The molecule has 142 valence electrons. The summed E-state index contributed by atoms with van der Waals surface area (Å²) in [6.07, 6.45) is 1.03. The quantitative estimate of drug-likeness (QED) is 0.580. The zero-order valence-electron chi connectivity index (χ0n) is 15.3. The second kappa shape index (κ2) is 9.60. The van der Waals surface area contributed by atoms with Gasteiger partial charge in [0.2, 0.25) is 0 Å². The summed E-state index contributed by atoms with van der Waals surface area (Å²) in [5, 5.41) is 11.2. The summed E-state index contributed by atoms with van der Waals surface area (Å²) in [5.41, 5.74) is 2.14. The lowest BCUT2D eigenvalue weighted by atomic mass is 10.2. The van der Waals surface area contributed by atoms with E-state index in [1.54, 1.807) is 6.26 Å². The molecule has 1 aromatic heterocycles. The molecule has 1 heterocycles. The Labute approximate surface area is 165 Å². The molecule has 0 bridgehead atoms. The van der Waals surface area contributed by atoms with Crippen molar-refractivity contribution in [1.29, 1.82) is 0 Å². The van der Waals surface area contributed by atoms with Gasteiger partial charge in [0.25, 0.3) is 0 Å². The number of hydrogen-bond donors (Lipinski definition) is 1. The highest BCUT2D eigenvalue weighted by atomic mass is 35.5. The third-order valence-electron chi connectivity index (χ3n) is 4.25. The highest BCUT2D eigenvalue weighted by Crippen LogP contribution is 2.18. The van der Waals surface area contributed by atoms with E-state index in [0.29, 0.717) is 24.7 Å². The van der Waals surface area contributed by atoms with Crippen molar-refractivity contribution in [1.82, 2.24) is 4.90 Å². The van der Waals surface area contributed by atoms with Crippen LogP contribution in [0.15, 0.2) is 71.3 Å². The van der Waals surface area contributed by atoms with Gasteiger partial charge >= 0.3 is 0 Å². The Balaban J connectivity index is 1.62. The average Bonchev–Trinajstić information content (AvgIpc) is 3.14. The van der Waals surface area contributed by atoms with Crippen LogP contribution in [0.3, 0.4) is 0 Å². The molecule has 3 rings (SSSR count). The lowest BCUT2D eigenvalue weighted by Gasteiger charge is -2.24. The van der Waals surface area contributed by atoms with Gasteiger partial charge in [-0.25, -0.2) is 0 Å². The Bertz CT molecular complexity index is 835. The number of ether oxygens (including phenoxy) is 1. The minimum Gasteiger partial charge on any atom is -0.491 e. The Morgan fingerprint density at radius 1 is 1.07 bits per heavy atom. The van der Waals surface area contributed by atoms with Gasteiger partial charge in [0.1, 0.15) is 24.2 Å². The number of aryl methyl sites for hydroxylation is 1. The standard InChI is InChI=1S/C22H24ClNO3/c1-17-6-2-3-10-22(17)27-16-20(25)14-24(15-21-9-5-11-26-21)13-18-7-4-8-19(23)12-18/h2-12,20,25H,13-16H2,1H3. The summed E-state index contributed by atoms with van der Waals surface area (Å²) in [6, 6.07) is 19.3. The Morgan fingerprint density at radius 2 is 1.93 bits per heavy atom. The number of aliphatic hydroxyl groups excluding tert-OH is 1. The molecule has 1 N–H and O–H groups in total. The van der Waals surface area contributed by atoms with Crippen LogP contribution in [0.4, 0.5) is 0 Å². The molecule has 0 aliphatic carbocycles. The fraction of sp³-hybridized carbons (Fsp3) is 0.273. The summed E-state index contributed by atoms with van der Waals surface area (Å²) >= 11 is 6.10. The predicted molar refractivity (Wildman–Crippen MR) is 107 cm³/mol. The van der Waals surface area contributed by atoms with Crippen LogP contribution in [0.5, 0.6) is 5.75 Å². The van der Waals surface area contributed by atoms with E-state index in [-0.39, 0.29) is 6.61 Å². The van der Waals surface area contributed by atoms with E-state index in [1.165, 1.54) is 0 Å². The van der Waals surface area contributed by atoms with Gasteiger partial charge in [0.05, 0.1) is 12.8 Å².